The number of rotatable bonds is 5. The Morgan fingerprint density at radius 3 is 2.71 bits per heavy atom. The molecule has 0 atom stereocenters. The molecule has 4 nitrogen and oxygen atoms in total. The lowest BCUT2D eigenvalue weighted by Crippen LogP contribution is -2.10. The van der Waals surface area contributed by atoms with Crippen molar-refractivity contribution in [1.29, 1.82) is 0 Å². The van der Waals surface area contributed by atoms with Gasteiger partial charge in [-0.25, -0.2) is 0 Å². The number of aromatic amines is 1. The number of benzene rings is 1. The van der Waals surface area contributed by atoms with Crippen LogP contribution in [-0.4, -0.2) is 16.7 Å². The highest BCUT2D eigenvalue weighted by atomic mass is 19.4. The van der Waals surface area contributed by atoms with Gasteiger partial charge in [0, 0.05) is 23.6 Å². The summed E-state index contributed by atoms with van der Waals surface area (Å²) in [5.41, 5.74) is 6.83. The minimum absolute atomic E-state index is 0.262. The van der Waals surface area contributed by atoms with Crippen LogP contribution in [-0.2, 0) is 12.6 Å². The van der Waals surface area contributed by atoms with E-state index < -0.39 is 11.7 Å². The molecular formula is C14H17F3N4. The number of nitrogens with one attached hydrogen (secondary N) is 2. The molecule has 2 aromatic rings. The second kappa shape index (κ2) is 6.07. The highest BCUT2D eigenvalue weighted by Gasteiger charge is 2.33. The van der Waals surface area contributed by atoms with Crippen LogP contribution in [0.4, 0.5) is 24.5 Å². The Morgan fingerprint density at radius 2 is 2.10 bits per heavy atom. The predicted octanol–water partition coefficient (Wildman–Crippen LogP) is 3.36. The first-order valence-corrected chi connectivity index (χ1v) is 6.57. The van der Waals surface area contributed by atoms with E-state index >= 15 is 0 Å². The third-order valence-corrected chi connectivity index (χ3v) is 3.25. The minimum Gasteiger partial charge on any atom is -0.398 e. The van der Waals surface area contributed by atoms with Crippen molar-refractivity contribution in [2.75, 3.05) is 17.6 Å². The molecule has 21 heavy (non-hydrogen) atoms. The van der Waals surface area contributed by atoms with Gasteiger partial charge in [-0.3, -0.25) is 5.10 Å². The van der Waals surface area contributed by atoms with Crippen LogP contribution < -0.4 is 11.1 Å². The third kappa shape index (κ3) is 3.90. The molecule has 1 aromatic heterocycles. The zero-order chi connectivity index (χ0) is 15.5. The van der Waals surface area contributed by atoms with Gasteiger partial charge < -0.3 is 11.1 Å². The van der Waals surface area contributed by atoms with Gasteiger partial charge in [0.05, 0.1) is 11.8 Å². The fourth-order valence-electron chi connectivity index (χ4n) is 2.05. The monoisotopic (exact) mass is 298 g/mol. The highest BCUT2D eigenvalue weighted by Crippen LogP contribution is 2.35. The lowest BCUT2D eigenvalue weighted by atomic mass is 10.1. The van der Waals surface area contributed by atoms with Crippen molar-refractivity contribution in [3.05, 3.63) is 41.2 Å². The molecule has 2 rings (SSSR count). The molecule has 114 valence electrons. The normalized spacial score (nSPS) is 11.6. The number of alkyl halides is 3. The van der Waals surface area contributed by atoms with Gasteiger partial charge in [-0.05, 0) is 43.5 Å². The minimum atomic E-state index is -4.43. The summed E-state index contributed by atoms with van der Waals surface area (Å²) in [5, 5.41) is 9.75. The Morgan fingerprint density at radius 1 is 1.33 bits per heavy atom. The standard InChI is InChI=1S/C14H17F3N4/c1-9-10(8-20-21-9)3-2-6-19-11-4-5-13(18)12(7-11)14(15,16)17/h4-5,7-8,19H,2-3,6,18H2,1H3,(H,20,21). The maximum absolute atomic E-state index is 12.7. The van der Waals surface area contributed by atoms with Gasteiger partial charge in [0.2, 0.25) is 0 Å². The fourth-order valence-corrected chi connectivity index (χ4v) is 2.05. The van der Waals surface area contributed by atoms with Crippen molar-refractivity contribution < 1.29 is 13.2 Å². The van der Waals surface area contributed by atoms with Crippen molar-refractivity contribution in [2.24, 2.45) is 0 Å². The number of nitrogens with zero attached hydrogens (tertiary/aromatic N) is 1. The van der Waals surface area contributed by atoms with Gasteiger partial charge in [0.25, 0.3) is 0 Å². The summed E-state index contributed by atoms with van der Waals surface area (Å²) in [5.74, 6) is 0. The highest BCUT2D eigenvalue weighted by molar-refractivity contribution is 5.58. The number of hydrogen-bond donors (Lipinski definition) is 3. The average Bonchev–Trinajstić information content (AvgIpc) is 2.81. The molecule has 7 heteroatoms. The Labute approximate surface area is 120 Å². The molecule has 1 heterocycles. The molecule has 0 saturated heterocycles. The van der Waals surface area contributed by atoms with E-state index in [9.17, 15) is 13.2 Å². The number of anilines is 2. The molecular weight excluding hydrogens is 281 g/mol. The lowest BCUT2D eigenvalue weighted by molar-refractivity contribution is -0.136. The average molecular weight is 298 g/mol. The molecule has 0 fully saturated rings. The maximum Gasteiger partial charge on any atom is 0.418 e. The van der Waals surface area contributed by atoms with Crippen LogP contribution in [0, 0.1) is 6.92 Å². The predicted molar refractivity (Wildman–Crippen MR) is 76.0 cm³/mol. The van der Waals surface area contributed by atoms with Crippen LogP contribution in [0.25, 0.3) is 0 Å². The van der Waals surface area contributed by atoms with Crippen LogP contribution in [0.2, 0.25) is 0 Å². The van der Waals surface area contributed by atoms with Crippen molar-refractivity contribution in [3.8, 4) is 0 Å². The second-order valence-electron chi connectivity index (χ2n) is 4.85. The van der Waals surface area contributed by atoms with Crippen LogP contribution in [0.15, 0.2) is 24.4 Å². The molecule has 0 unspecified atom stereocenters. The summed E-state index contributed by atoms with van der Waals surface area (Å²) >= 11 is 0. The third-order valence-electron chi connectivity index (χ3n) is 3.25. The number of hydrogen-bond acceptors (Lipinski definition) is 3. The van der Waals surface area contributed by atoms with Gasteiger partial charge in [0.1, 0.15) is 0 Å². The first kappa shape index (κ1) is 15.2. The summed E-state index contributed by atoms with van der Waals surface area (Å²) in [4.78, 5) is 0. The quantitative estimate of drug-likeness (QED) is 0.585. The van der Waals surface area contributed by atoms with Gasteiger partial charge >= 0.3 is 6.18 Å². The molecule has 0 aliphatic carbocycles. The number of aromatic nitrogens is 2. The van der Waals surface area contributed by atoms with Crippen molar-refractivity contribution >= 4 is 11.4 Å². The molecule has 0 aliphatic heterocycles. The molecule has 0 bridgehead atoms. The van der Waals surface area contributed by atoms with Crippen LogP contribution in [0.5, 0.6) is 0 Å². The van der Waals surface area contributed by atoms with Crippen LogP contribution >= 0.6 is 0 Å². The zero-order valence-corrected chi connectivity index (χ0v) is 11.6. The number of nitrogens with two attached hydrogens (primary N) is 1. The van der Waals surface area contributed by atoms with E-state index in [2.05, 4.69) is 15.5 Å². The molecule has 0 amide bonds. The molecule has 1 aromatic carbocycles. The van der Waals surface area contributed by atoms with Gasteiger partial charge in [0.15, 0.2) is 0 Å². The van der Waals surface area contributed by atoms with E-state index in [4.69, 9.17) is 5.73 Å². The Kier molecular flexibility index (Phi) is 4.40. The summed E-state index contributed by atoms with van der Waals surface area (Å²) in [6.07, 6.45) is -1.06. The number of H-pyrrole nitrogens is 1. The number of aryl methyl sites for hydroxylation is 2. The summed E-state index contributed by atoms with van der Waals surface area (Å²) in [7, 11) is 0. The van der Waals surface area contributed by atoms with Crippen LogP contribution in [0.1, 0.15) is 23.2 Å². The van der Waals surface area contributed by atoms with Crippen LogP contribution in [0.3, 0.4) is 0 Å². The Balaban J connectivity index is 1.90. The molecule has 0 aliphatic rings. The Hall–Kier alpha value is -2.18. The zero-order valence-electron chi connectivity index (χ0n) is 11.6. The maximum atomic E-state index is 12.7. The van der Waals surface area contributed by atoms with E-state index in [0.29, 0.717) is 12.2 Å². The molecule has 0 spiro atoms. The fraction of sp³-hybridized carbons (Fsp3) is 0.357. The SMILES string of the molecule is Cc1[nH]ncc1CCCNc1ccc(N)c(C(F)(F)F)c1. The van der Waals surface area contributed by atoms with Gasteiger partial charge in [-0.2, -0.15) is 18.3 Å². The summed E-state index contributed by atoms with van der Waals surface area (Å²) in [6, 6.07) is 3.86. The first-order chi connectivity index (χ1) is 9.88. The van der Waals surface area contributed by atoms with E-state index in [1.807, 2.05) is 6.92 Å². The smallest absolute Gasteiger partial charge is 0.398 e. The Bertz CT molecular complexity index is 605. The number of halogens is 3. The molecule has 4 N–H and O–H groups in total. The lowest BCUT2D eigenvalue weighted by Gasteiger charge is -2.13. The summed E-state index contributed by atoms with van der Waals surface area (Å²) in [6.45, 7) is 2.51. The van der Waals surface area contributed by atoms with Crippen molar-refractivity contribution in [1.82, 2.24) is 10.2 Å². The van der Waals surface area contributed by atoms with Crippen molar-refractivity contribution in [2.45, 2.75) is 25.9 Å². The van der Waals surface area contributed by atoms with E-state index in [1.54, 1.807) is 12.3 Å². The largest absolute Gasteiger partial charge is 0.418 e. The van der Waals surface area contributed by atoms with E-state index in [1.165, 1.54) is 6.07 Å². The van der Waals surface area contributed by atoms with Gasteiger partial charge in [-0.1, -0.05) is 0 Å². The second-order valence-corrected chi connectivity index (χ2v) is 4.85. The molecule has 0 saturated carbocycles. The topological polar surface area (TPSA) is 66.7 Å². The van der Waals surface area contributed by atoms with Gasteiger partial charge in [-0.15, -0.1) is 0 Å². The van der Waals surface area contributed by atoms with E-state index in [0.717, 1.165) is 30.2 Å². The first-order valence-electron chi connectivity index (χ1n) is 6.57. The van der Waals surface area contributed by atoms with E-state index in [-0.39, 0.29) is 5.69 Å². The van der Waals surface area contributed by atoms with Crippen molar-refractivity contribution in [3.63, 3.8) is 0 Å². The number of nitrogen functional groups attached to an aromatic ring is 1. The summed E-state index contributed by atoms with van der Waals surface area (Å²) < 4.78 is 38.2. The molecule has 0 radical (unpaired) electrons.